The smallest absolute Gasteiger partial charge is 0.414 e. The lowest BCUT2D eigenvalue weighted by Crippen LogP contribution is -2.45. The first-order chi connectivity index (χ1) is 19.2. The van der Waals surface area contributed by atoms with E-state index < -0.39 is 16.6 Å². The summed E-state index contributed by atoms with van der Waals surface area (Å²) in [5.74, 6) is 0.269. The average molecular weight is 541 g/mol. The van der Waals surface area contributed by atoms with Crippen LogP contribution in [0.25, 0.3) is 0 Å². The molecule has 0 saturated heterocycles. The SMILES string of the molecule is COC(=O)N(c1ccc(Nc2ncnc(N(Cc3ccccc3)Cc3ccccc3)c2[N+](=O)[O-])cc1)C(C)(C)C. The Hall–Kier alpha value is -4.99. The number of rotatable bonds is 9. The number of hydrogen-bond donors (Lipinski definition) is 1. The minimum absolute atomic E-state index is 0.0644. The molecule has 1 aromatic heterocycles. The molecule has 40 heavy (non-hydrogen) atoms. The number of benzene rings is 3. The molecular formula is C30H32N6O4. The molecule has 4 aromatic rings. The lowest BCUT2D eigenvalue weighted by molar-refractivity contribution is -0.383. The second-order valence-electron chi connectivity index (χ2n) is 10.1. The number of amides is 1. The van der Waals surface area contributed by atoms with Gasteiger partial charge in [-0.25, -0.2) is 14.8 Å². The van der Waals surface area contributed by atoms with Crippen LogP contribution >= 0.6 is 0 Å². The lowest BCUT2D eigenvalue weighted by atomic mass is 10.1. The number of carbonyl (C=O) groups is 1. The van der Waals surface area contributed by atoms with Gasteiger partial charge in [0.2, 0.25) is 11.6 Å². The minimum Gasteiger partial charge on any atom is -0.452 e. The minimum atomic E-state index is -0.524. The van der Waals surface area contributed by atoms with Gasteiger partial charge in [0.25, 0.3) is 0 Å². The molecule has 1 amide bonds. The van der Waals surface area contributed by atoms with Gasteiger partial charge in [0.1, 0.15) is 6.33 Å². The molecule has 0 unspecified atom stereocenters. The van der Waals surface area contributed by atoms with Crippen molar-refractivity contribution in [2.24, 2.45) is 0 Å². The molecule has 1 N–H and O–H groups in total. The summed E-state index contributed by atoms with van der Waals surface area (Å²) in [6.45, 7) is 6.53. The molecule has 206 valence electrons. The van der Waals surface area contributed by atoms with Gasteiger partial charge in [-0.05, 0) is 56.2 Å². The quantitative estimate of drug-likeness (QED) is 0.184. The van der Waals surface area contributed by atoms with E-state index in [1.54, 1.807) is 24.3 Å². The molecule has 0 radical (unpaired) electrons. The van der Waals surface area contributed by atoms with Crippen molar-refractivity contribution in [3.05, 3.63) is 112 Å². The van der Waals surface area contributed by atoms with Gasteiger partial charge in [-0.3, -0.25) is 15.0 Å². The van der Waals surface area contributed by atoms with Crippen LogP contribution in [-0.4, -0.2) is 33.6 Å². The number of methoxy groups -OCH3 is 1. The third kappa shape index (κ3) is 6.71. The van der Waals surface area contributed by atoms with E-state index in [0.29, 0.717) is 24.5 Å². The highest BCUT2D eigenvalue weighted by Crippen LogP contribution is 2.36. The predicted molar refractivity (Wildman–Crippen MR) is 156 cm³/mol. The van der Waals surface area contributed by atoms with E-state index in [1.807, 2.05) is 86.3 Å². The third-order valence-corrected chi connectivity index (χ3v) is 6.13. The second-order valence-corrected chi connectivity index (χ2v) is 10.1. The zero-order valence-corrected chi connectivity index (χ0v) is 22.9. The number of nitrogens with zero attached hydrogens (tertiary/aromatic N) is 5. The van der Waals surface area contributed by atoms with Crippen LogP contribution in [0.1, 0.15) is 31.9 Å². The number of hydrogen-bond acceptors (Lipinski definition) is 8. The molecule has 0 spiro atoms. The molecule has 3 aromatic carbocycles. The zero-order valence-electron chi connectivity index (χ0n) is 22.9. The third-order valence-electron chi connectivity index (χ3n) is 6.13. The Kier molecular flexibility index (Phi) is 8.58. The summed E-state index contributed by atoms with van der Waals surface area (Å²) < 4.78 is 4.96. The van der Waals surface area contributed by atoms with E-state index in [1.165, 1.54) is 18.3 Å². The van der Waals surface area contributed by atoms with Crippen molar-refractivity contribution in [2.75, 3.05) is 22.2 Å². The number of anilines is 4. The van der Waals surface area contributed by atoms with Gasteiger partial charge in [-0.15, -0.1) is 0 Å². The van der Waals surface area contributed by atoms with Crippen molar-refractivity contribution in [1.29, 1.82) is 0 Å². The summed E-state index contributed by atoms with van der Waals surface area (Å²) in [6, 6.07) is 26.4. The van der Waals surface area contributed by atoms with Crippen molar-refractivity contribution in [3.8, 4) is 0 Å². The Bertz CT molecular complexity index is 1400. The number of carbonyl (C=O) groups excluding carboxylic acids is 1. The van der Waals surface area contributed by atoms with Crippen molar-refractivity contribution >= 4 is 34.8 Å². The average Bonchev–Trinajstić information content (AvgIpc) is 2.94. The van der Waals surface area contributed by atoms with E-state index >= 15 is 0 Å². The molecule has 4 rings (SSSR count). The summed E-state index contributed by atoms with van der Waals surface area (Å²) in [5.41, 5.74) is 2.41. The Morgan fingerprint density at radius 1 is 0.900 bits per heavy atom. The van der Waals surface area contributed by atoms with Gasteiger partial charge in [0.15, 0.2) is 0 Å². The maximum Gasteiger partial charge on any atom is 0.414 e. The maximum absolute atomic E-state index is 12.4. The van der Waals surface area contributed by atoms with Gasteiger partial charge in [-0.1, -0.05) is 60.7 Å². The summed E-state index contributed by atoms with van der Waals surface area (Å²) >= 11 is 0. The molecular weight excluding hydrogens is 508 g/mol. The Morgan fingerprint density at radius 3 is 1.93 bits per heavy atom. The van der Waals surface area contributed by atoms with E-state index in [2.05, 4.69) is 15.3 Å². The molecule has 10 nitrogen and oxygen atoms in total. The highest BCUT2D eigenvalue weighted by atomic mass is 16.6. The molecule has 0 bridgehead atoms. The fourth-order valence-corrected chi connectivity index (χ4v) is 4.36. The van der Waals surface area contributed by atoms with Crippen molar-refractivity contribution in [1.82, 2.24) is 9.97 Å². The first-order valence-corrected chi connectivity index (χ1v) is 12.7. The van der Waals surface area contributed by atoms with E-state index in [9.17, 15) is 14.9 Å². The first-order valence-electron chi connectivity index (χ1n) is 12.7. The fraction of sp³-hybridized carbons (Fsp3) is 0.233. The van der Waals surface area contributed by atoms with Crippen LogP contribution in [0.15, 0.2) is 91.3 Å². The van der Waals surface area contributed by atoms with E-state index in [-0.39, 0.29) is 17.3 Å². The highest BCUT2D eigenvalue weighted by molar-refractivity contribution is 5.89. The van der Waals surface area contributed by atoms with Gasteiger partial charge in [0.05, 0.1) is 12.0 Å². The van der Waals surface area contributed by atoms with Crippen molar-refractivity contribution < 1.29 is 14.5 Å². The lowest BCUT2D eigenvalue weighted by Gasteiger charge is -2.34. The van der Waals surface area contributed by atoms with Gasteiger partial charge >= 0.3 is 11.8 Å². The number of nitrogens with one attached hydrogen (secondary N) is 1. The van der Waals surface area contributed by atoms with E-state index in [0.717, 1.165) is 11.1 Å². The van der Waals surface area contributed by atoms with Crippen molar-refractivity contribution in [2.45, 2.75) is 39.4 Å². The molecule has 0 aliphatic rings. The summed E-state index contributed by atoms with van der Waals surface area (Å²) in [4.78, 5) is 36.3. The molecule has 1 heterocycles. The number of ether oxygens (including phenoxy) is 1. The van der Waals surface area contributed by atoms with Crippen LogP contribution in [0.4, 0.5) is 33.5 Å². The Balaban J connectivity index is 1.69. The summed E-state index contributed by atoms with van der Waals surface area (Å²) in [5, 5.41) is 15.5. The monoisotopic (exact) mass is 540 g/mol. The normalized spacial score (nSPS) is 11.0. The topological polar surface area (TPSA) is 114 Å². The summed E-state index contributed by atoms with van der Waals surface area (Å²) in [7, 11) is 1.34. The fourth-order valence-electron chi connectivity index (χ4n) is 4.36. The maximum atomic E-state index is 12.4. The van der Waals surface area contributed by atoms with Crippen LogP contribution < -0.4 is 15.1 Å². The predicted octanol–water partition coefficient (Wildman–Crippen LogP) is 6.71. The molecule has 0 atom stereocenters. The molecule has 10 heteroatoms. The number of aromatic nitrogens is 2. The molecule has 0 fully saturated rings. The molecule has 0 aliphatic heterocycles. The zero-order chi connectivity index (χ0) is 28.7. The first kappa shape index (κ1) is 28.0. The van der Waals surface area contributed by atoms with Crippen LogP contribution in [0.2, 0.25) is 0 Å². The Labute approximate surface area is 233 Å². The highest BCUT2D eigenvalue weighted by Gasteiger charge is 2.30. The second kappa shape index (κ2) is 12.2. The van der Waals surface area contributed by atoms with Gasteiger partial charge in [0, 0.05) is 30.0 Å². The standard InChI is InChI=1S/C30H32N6O4/c1-30(2,3)35(29(37)40-4)25-17-15-24(16-18-25)33-27-26(36(38)39)28(32-21-31-27)34(19-22-11-7-5-8-12-22)20-23-13-9-6-10-14-23/h5-18,21H,19-20H2,1-4H3,(H,31,32,33). The Morgan fingerprint density at radius 2 is 1.45 bits per heavy atom. The van der Waals surface area contributed by atoms with Crippen LogP contribution in [0, 0.1) is 10.1 Å². The number of nitro groups is 1. The van der Waals surface area contributed by atoms with Crippen LogP contribution in [0.3, 0.4) is 0 Å². The van der Waals surface area contributed by atoms with Crippen LogP contribution in [-0.2, 0) is 17.8 Å². The summed E-state index contributed by atoms with van der Waals surface area (Å²) in [6.07, 6.45) is 0.835. The van der Waals surface area contributed by atoms with Crippen LogP contribution in [0.5, 0.6) is 0 Å². The van der Waals surface area contributed by atoms with Gasteiger partial charge < -0.3 is 15.0 Å². The molecule has 0 saturated carbocycles. The van der Waals surface area contributed by atoms with Gasteiger partial charge in [-0.2, -0.15) is 0 Å². The largest absolute Gasteiger partial charge is 0.452 e. The van der Waals surface area contributed by atoms with E-state index in [4.69, 9.17) is 4.74 Å². The molecule has 0 aliphatic carbocycles. The van der Waals surface area contributed by atoms with Crippen molar-refractivity contribution in [3.63, 3.8) is 0 Å².